The fraction of sp³-hybridized carbons (Fsp3) is 0.486. The van der Waals surface area contributed by atoms with Gasteiger partial charge >= 0.3 is 6.01 Å². The van der Waals surface area contributed by atoms with Crippen LogP contribution in [0.3, 0.4) is 0 Å². The van der Waals surface area contributed by atoms with E-state index in [-0.39, 0.29) is 31.1 Å². The number of fused-ring (bicyclic) bond motifs is 2. The second-order valence-electron chi connectivity index (χ2n) is 13.1. The summed E-state index contributed by atoms with van der Waals surface area (Å²) in [5, 5.41) is 12.2. The minimum Gasteiger partial charge on any atom is -0.463 e. The molecule has 1 unspecified atom stereocenters. The first-order valence-electron chi connectivity index (χ1n) is 16.1. The largest absolute Gasteiger partial charge is 0.463 e. The molecule has 7 rings (SSSR count). The number of aromatic nitrogens is 2. The molecule has 1 aliphatic carbocycles. The van der Waals surface area contributed by atoms with Crippen molar-refractivity contribution in [2.75, 3.05) is 50.8 Å². The predicted molar refractivity (Wildman–Crippen MR) is 173 cm³/mol. The maximum atomic E-state index is 13.9. The number of halogens is 2. The minimum atomic E-state index is -1.03. The predicted octanol–water partition coefficient (Wildman–Crippen LogP) is 5.77. The smallest absolute Gasteiger partial charge is 0.318 e. The topological polar surface area (TPSA) is 94.8 Å². The number of amides is 1. The van der Waals surface area contributed by atoms with Crippen molar-refractivity contribution in [2.24, 2.45) is 5.41 Å². The van der Waals surface area contributed by atoms with Gasteiger partial charge in [-0.15, -0.1) is 0 Å². The molecule has 0 spiro atoms. The number of carbonyl (C=O) groups excluding carboxylic acids is 1. The van der Waals surface area contributed by atoms with E-state index < -0.39 is 17.8 Å². The molecule has 3 fully saturated rings. The van der Waals surface area contributed by atoms with E-state index in [1.54, 1.807) is 0 Å². The SMILES string of the molecule is C=C(F)C(=O)N1CCN(c2nc(OCC3(CN4CCCC4)CC3)nc3c2COC(c2cccc4cccc(Cl)c24)C3)C[C@@H]1CC#N. The molecule has 1 amide bonds. The molecule has 240 valence electrons. The Hall–Kier alpha value is -3.78. The molecule has 1 saturated carbocycles. The summed E-state index contributed by atoms with van der Waals surface area (Å²) in [6, 6.07) is 14.0. The van der Waals surface area contributed by atoms with Crippen molar-refractivity contribution >= 4 is 34.1 Å². The zero-order valence-corrected chi connectivity index (χ0v) is 26.6. The first-order valence-corrected chi connectivity index (χ1v) is 16.5. The van der Waals surface area contributed by atoms with Gasteiger partial charge in [0, 0.05) is 54.0 Å². The van der Waals surface area contributed by atoms with Crippen molar-refractivity contribution in [1.82, 2.24) is 19.8 Å². The summed E-state index contributed by atoms with van der Waals surface area (Å²) in [5.41, 5.74) is 2.84. The highest BCUT2D eigenvalue weighted by atomic mass is 35.5. The molecule has 9 nitrogen and oxygen atoms in total. The number of rotatable bonds is 9. The number of benzene rings is 2. The van der Waals surface area contributed by atoms with E-state index in [2.05, 4.69) is 28.5 Å². The molecule has 46 heavy (non-hydrogen) atoms. The van der Waals surface area contributed by atoms with Crippen LogP contribution < -0.4 is 9.64 Å². The molecule has 1 aromatic heterocycles. The van der Waals surface area contributed by atoms with Gasteiger partial charge in [0.05, 0.1) is 43.5 Å². The second kappa shape index (κ2) is 12.8. The summed E-state index contributed by atoms with van der Waals surface area (Å²) >= 11 is 6.69. The summed E-state index contributed by atoms with van der Waals surface area (Å²) < 4.78 is 26.8. The van der Waals surface area contributed by atoms with Gasteiger partial charge in [0.15, 0.2) is 5.83 Å². The highest BCUT2D eigenvalue weighted by Crippen LogP contribution is 2.47. The third-order valence-corrected chi connectivity index (χ3v) is 10.2. The lowest BCUT2D eigenvalue weighted by Crippen LogP contribution is -2.55. The van der Waals surface area contributed by atoms with Gasteiger partial charge in [-0.25, -0.2) is 4.39 Å². The van der Waals surface area contributed by atoms with Crippen LogP contribution in [0.1, 0.15) is 55.0 Å². The van der Waals surface area contributed by atoms with Gasteiger partial charge in [0.2, 0.25) is 0 Å². The summed E-state index contributed by atoms with van der Waals surface area (Å²) in [4.78, 5) is 28.4. The van der Waals surface area contributed by atoms with Crippen LogP contribution in [0, 0.1) is 16.7 Å². The number of nitriles is 1. The summed E-state index contributed by atoms with van der Waals surface area (Å²) in [6.45, 7) is 8.31. The Bertz CT molecular complexity index is 1700. The molecular formula is C35H38ClFN6O3. The van der Waals surface area contributed by atoms with Gasteiger partial charge in [0.1, 0.15) is 5.82 Å². The molecule has 4 aliphatic rings. The van der Waals surface area contributed by atoms with Crippen molar-refractivity contribution in [3.8, 4) is 12.1 Å². The normalized spacial score (nSPS) is 22.4. The van der Waals surface area contributed by atoms with Crippen molar-refractivity contribution in [3.63, 3.8) is 0 Å². The molecular weight excluding hydrogens is 607 g/mol. The third kappa shape index (κ3) is 6.16. The summed E-state index contributed by atoms with van der Waals surface area (Å²) in [6.07, 6.45) is 5.07. The van der Waals surface area contributed by atoms with Crippen LogP contribution in [0.5, 0.6) is 6.01 Å². The Balaban J connectivity index is 1.20. The molecule has 3 aromatic rings. The van der Waals surface area contributed by atoms with Crippen LogP contribution in [0.2, 0.25) is 5.02 Å². The van der Waals surface area contributed by atoms with Gasteiger partial charge in [-0.1, -0.05) is 48.5 Å². The first-order chi connectivity index (χ1) is 22.3. The molecule has 2 saturated heterocycles. The lowest BCUT2D eigenvalue weighted by atomic mass is 9.94. The molecule has 3 aliphatic heterocycles. The molecule has 2 atom stereocenters. The zero-order chi connectivity index (χ0) is 31.8. The zero-order valence-electron chi connectivity index (χ0n) is 25.9. The van der Waals surface area contributed by atoms with E-state index in [0.717, 1.165) is 60.1 Å². The molecule has 11 heteroatoms. The number of likely N-dealkylation sites (tertiary alicyclic amines) is 1. The molecule has 0 N–H and O–H groups in total. The fourth-order valence-corrected chi connectivity index (χ4v) is 7.55. The Morgan fingerprint density at radius 1 is 1.15 bits per heavy atom. The van der Waals surface area contributed by atoms with Gasteiger partial charge in [0.25, 0.3) is 5.91 Å². The van der Waals surface area contributed by atoms with Crippen molar-refractivity contribution in [2.45, 2.75) is 57.3 Å². The van der Waals surface area contributed by atoms with Gasteiger partial charge in [-0.2, -0.15) is 15.2 Å². The fourth-order valence-electron chi connectivity index (χ4n) is 7.26. The number of ether oxygens (including phenoxy) is 2. The number of nitrogens with zero attached hydrogens (tertiary/aromatic N) is 6. The lowest BCUT2D eigenvalue weighted by Gasteiger charge is -2.42. The minimum absolute atomic E-state index is 0.0611. The maximum absolute atomic E-state index is 13.9. The van der Waals surface area contributed by atoms with Crippen LogP contribution in [0.25, 0.3) is 10.8 Å². The average molecular weight is 645 g/mol. The van der Waals surface area contributed by atoms with E-state index in [1.807, 2.05) is 30.3 Å². The number of piperazine rings is 1. The van der Waals surface area contributed by atoms with Crippen LogP contribution in [-0.4, -0.2) is 77.6 Å². The average Bonchev–Trinajstić information content (AvgIpc) is 3.64. The van der Waals surface area contributed by atoms with Crippen LogP contribution >= 0.6 is 11.6 Å². The number of hydrogen-bond acceptors (Lipinski definition) is 8. The van der Waals surface area contributed by atoms with E-state index in [0.29, 0.717) is 43.0 Å². The quantitative estimate of drug-likeness (QED) is 0.271. The molecule has 0 bridgehead atoms. The monoisotopic (exact) mass is 644 g/mol. The molecule has 2 aromatic carbocycles. The number of anilines is 1. The number of carbonyl (C=O) groups is 1. The third-order valence-electron chi connectivity index (χ3n) is 9.92. The Kier molecular flexibility index (Phi) is 8.57. The highest BCUT2D eigenvalue weighted by Gasteiger charge is 2.45. The maximum Gasteiger partial charge on any atom is 0.318 e. The van der Waals surface area contributed by atoms with Gasteiger partial charge in [-0.05, 0) is 55.8 Å². The van der Waals surface area contributed by atoms with E-state index in [1.165, 1.54) is 17.7 Å². The second-order valence-corrected chi connectivity index (χ2v) is 13.5. The number of hydrogen-bond donors (Lipinski definition) is 0. The van der Waals surface area contributed by atoms with E-state index >= 15 is 0 Å². The van der Waals surface area contributed by atoms with Crippen LogP contribution in [-0.2, 0) is 22.6 Å². The Labute approximate surface area is 273 Å². The molecule has 4 heterocycles. The molecule has 0 radical (unpaired) electrons. The highest BCUT2D eigenvalue weighted by molar-refractivity contribution is 6.35. The van der Waals surface area contributed by atoms with Gasteiger partial charge < -0.3 is 24.2 Å². The van der Waals surface area contributed by atoms with E-state index in [4.69, 9.17) is 31.0 Å². The summed E-state index contributed by atoms with van der Waals surface area (Å²) in [5.74, 6) is -1.13. The standard InChI is InChI=1S/C35H38ClFN6O3/c1-23(37)33(44)43-17-16-42(19-25(43)10-13-38)32-27-20-45-30(26-8-4-6-24-7-5-9-28(36)31(24)26)18-29(27)39-34(40-32)46-22-35(11-12-35)21-41-14-2-3-15-41/h4-9,25,30H,1-3,10-12,14-22H2/t25-,30?/m0/s1. The lowest BCUT2D eigenvalue weighted by molar-refractivity contribution is -0.131. The summed E-state index contributed by atoms with van der Waals surface area (Å²) in [7, 11) is 0. The van der Waals surface area contributed by atoms with Crippen molar-refractivity contribution in [3.05, 3.63) is 70.6 Å². The first kappa shape index (κ1) is 30.9. The van der Waals surface area contributed by atoms with Crippen molar-refractivity contribution < 1.29 is 18.7 Å². The van der Waals surface area contributed by atoms with E-state index in [9.17, 15) is 14.4 Å². The Morgan fingerprint density at radius 2 is 1.93 bits per heavy atom. The Morgan fingerprint density at radius 3 is 2.67 bits per heavy atom. The van der Waals surface area contributed by atoms with Crippen LogP contribution in [0.4, 0.5) is 10.2 Å². The van der Waals surface area contributed by atoms with Crippen LogP contribution in [0.15, 0.2) is 48.8 Å². The van der Waals surface area contributed by atoms with Gasteiger partial charge in [-0.3, -0.25) is 4.79 Å². The van der Waals surface area contributed by atoms with Crippen molar-refractivity contribution in [1.29, 1.82) is 5.26 Å².